The van der Waals surface area contributed by atoms with Crippen LogP contribution in [0.4, 0.5) is 30.4 Å². The fraction of sp³-hybridized carbons (Fsp3) is 0.435. The van der Waals surface area contributed by atoms with Crippen molar-refractivity contribution in [2.75, 3.05) is 62.4 Å². The highest BCUT2D eigenvalue weighted by molar-refractivity contribution is 6.28. The van der Waals surface area contributed by atoms with Crippen LogP contribution in [0.3, 0.4) is 0 Å². The lowest BCUT2D eigenvalue weighted by Gasteiger charge is -2.35. The Morgan fingerprint density at radius 2 is 1.89 bits per heavy atom. The van der Waals surface area contributed by atoms with Crippen molar-refractivity contribution in [3.8, 4) is 0 Å². The molecule has 0 aliphatic carbocycles. The molecular formula is C23H27ClF3N7O. The number of halogens is 4. The van der Waals surface area contributed by atoms with E-state index in [4.69, 9.17) is 22.1 Å². The van der Waals surface area contributed by atoms with Crippen LogP contribution < -0.4 is 16.0 Å². The molecule has 1 saturated heterocycles. The van der Waals surface area contributed by atoms with Gasteiger partial charge < -0.3 is 20.7 Å². The largest absolute Gasteiger partial charge is 0.416 e. The van der Waals surface area contributed by atoms with E-state index >= 15 is 0 Å². The molecule has 0 saturated carbocycles. The van der Waals surface area contributed by atoms with Crippen molar-refractivity contribution in [1.82, 2.24) is 19.9 Å². The standard InChI is InChI=1S/C23H27ClF3N7O/c1-14(15-9-16(23(25,26)27)11-17(28)10-15)30-21-19-12-18(13-29-20(19)31-22(24)32-21)34-5-3-33(4-6-34)7-8-35-2/h9-14H,3-8,28H2,1-2H3,(H,29,30,31,32). The number of methoxy groups -OCH3 is 1. The number of alkyl halides is 3. The number of ether oxygens (including phenoxy) is 1. The van der Waals surface area contributed by atoms with E-state index in [-0.39, 0.29) is 11.0 Å². The molecule has 0 spiro atoms. The lowest BCUT2D eigenvalue weighted by Crippen LogP contribution is -2.47. The number of rotatable bonds is 7. The molecule has 4 rings (SSSR count). The first-order valence-corrected chi connectivity index (χ1v) is 11.6. The van der Waals surface area contributed by atoms with Gasteiger partial charge in [-0.05, 0) is 48.4 Å². The summed E-state index contributed by atoms with van der Waals surface area (Å²) < 4.78 is 45.0. The Morgan fingerprint density at radius 1 is 1.14 bits per heavy atom. The fourth-order valence-corrected chi connectivity index (χ4v) is 4.25. The van der Waals surface area contributed by atoms with Crippen LogP contribution in [0.25, 0.3) is 11.0 Å². The molecule has 1 atom stereocenters. The number of nitrogens with one attached hydrogen (secondary N) is 1. The summed E-state index contributed by atoms with van der Waals surface area (Å²) in [6.45, 7) is 6.77. The zero-order valence-electron chi connectivity index (χ0n) is 19.4. The first kappa shape index (κ1) is 25.2. The number of aromatic nitrogens is 3. The second kappa shape index (κ2) is 10.4. The van der Waals surface area contributed by atoms with E-state index in [0.717, 1.165) is 50.5 Å². The highest BCUT2D eigenvalue weighted by Crippen LogP contribution is 2.34. The van der Waals surface area contributed by atoms with Crippen LogP contribution in [-0.2, 0) is 10.9 Å². The van der Waals surface area contributed by atoms with E-state index in [1.54, 1.807) is 20.2 Å². The minimum atomic E-state index is -4.50. The number of piperazine rings is 1. The third kappa shape index (κ3) is 6.03. The maximum atomic E-state index is 13.3. The Balaban J connectivity index is 1.59. The zero-order chi connectivity index (χ0) is 25.2. The second-order valence-electron chi connectivity index (χ2n) is 8.48. The number of nitrogen functional groups attached to an aromatic ring is 1. The van der Waals surface area contributed by atoms with Crippen LogP contribution in [0.5, 0.6) is 0 Å². The quantitative estimate of drug-likeness (QED) is 0.361. The molecular weight excluding hydrogens is 483 g/mol. The molecule has 35 heavy (non-hydrogen) atoms. The minimum absolute atomic E-state index is 0.0113. The van der Waals surface area contributed by atoms with Gasteiger partial charge in [0.2, 0.25) is 5.28 Å². The molecule has 0 radical (unpaired) electrons. The average Bonchev–Trinajstić information content (AvgIpc) is 2.82. The Bertz CT molecular complexity index is 1190. The van der Waals surface area contributed by atoms with Gasteiger partial charge in [0.05, 0.1) is 35.5 Å². The Labute approximate surface area is 206 Å². The SMILES string of the molecule is COCCN1CCN(c2cnc3nc(Cl)nc(NC(C)c4cc(N)cc(C(F)(F)F)c4)c3c2)CC1. The van der Waals surface area contributed by atoms with Crippen molar-refractivity contribution in [2.45, 2.75) is 19.1 Å². The number of hydrogen-bond donors (Lipinski definition) is 2. The van der Waals surface area contributed by atoms with Gasteiger partial charge in [-0.2, -0.15) is 18.2 Å². The van der Waals surface area contributed by atoms with Crippen LogP contribution in [0.15, 0.2) is 30.5 Å². The summed E-state index contributed by atoms with van der Waals surface area (Å²) >= 11 is 6.11. The van der Waals surface area contributed by atoms with Gasteiger partial charge in [-0.25, -0.2) is 9.97 Å². The molecule has 0 amide bonds. The van der Waals surface area contributed by atoms with E-state index < -0.39 is 17.8 Å². The van der Waals surface area contributed by atoms with Gasteiger partial charge in [-0.1, -0.05) is 0 Å². The zero-order valence-corrected chi connectivity index (χ0v) is 20.2. The highest BCUT2D eigenvalue weighted by Gasteiger charge is 2.31. The molecule has 3 N–H and O–H groups in total. The first-order chi connectivity index (χ1) is 16.6. The Hall–Kier alpha value is -2.89. The average molecular weight is 510 g/mol. The predicted octanol–water partition coefficient (Wildman–Crippen LogP) is 4.22. The van der Waals surface area contributed by atoms with Crippen LogP contribution in [0, 0.1) is 0 Å². The van der Waals surface area contributed by atoms with E-state index in [9.17, 15) is 13.2 Å². The molecule has 1 aliphatic rings. The maximum Gasteiger partial charge on any atom is 0.416 e. The Kier molecular flexibility index (Phi) is 7.48. The van der Waals surface area contributed by atoms with Gasteiger partial charge in [0, 0.05) is 45.5 Å². The smallest absolute Gasteiger partial charge is 0.399 e. The number of pyridine rings is 1. The number of nitrogens with two attached hydrogens (primary N) is 1. The first-order valence-electron chi connectivity index (χ1n) is 11.2. The van der Waals surface area contributed by atoms with Crippen molar-refractivity contribution in [1.29, 1.82) is 0 Å². The molecule has 0 bridgehead atoms. The molecule has 3 heterocycles. The van der Waals surface area contributed by atoms with Gasteiger partial charge in [-0.15, -0.1) is 0 Å². The van der Waals surface area contributed by atoms with Crippen molar-refractivity contribution in [3.05, 3.63) is 46.9 Å². The molecule has 1 fully saturated rings. The minimum Gasteiger partial charge on any atom is -0.399 e. The lowest BCUT2D eigenvalue weighted by atomic mass is 10.0. The summed E-state index contributed by atoms with van der Waals surface area (Å²) in [6.07, 6.45) is -2.75. The fourth-order valence-electron chi connectivity index (χ4n) is 4.09. The molecule has 2 aromatic heterocycles. The van der Waals surface area contributed by atoms with Crippen molar-refractivity contribution >= 4 is 39.8 Å². The monoisotopic (exact) mass is 509 g/mol. The van der Waals surface area contributed by atoms with Crippen LogP contribution in [-0.4, -0.2) is 66.3 Å². The molecule has 1 unspecified atom stereocenters. The molecule has 3 aromatic rings. The van der Waals surface area contributed by atoms with E-state index in [0.29, 0.717) is 29.0 Å². The van der Waals surface area contributed by atoms with Gasteiger partial charge >= 0.3 is 6.18 Å². The number of hydrogen-bond acceptors (Lipinski definition) is 8. The number of nitrogens with zero attached hydrogens (tertiary/aromatic N) is 5. The summed E-state index contributed by atoms with van der Waals surface area (Å²) in [4.78, 5) is 17.5. The number of anilines is 3. The molecule has 188 valence electrons. The molecule has 12 heteroatoms. The van der Waals surface area contributed by atoms with E-state index in [1.165, 1.54) is 6.07 Å². The number of fused-ring (bicyclic) bond motifs is 1. The van der Waals surface area contributed by atoms with E-state index in [1.807, 2.05) is 6.07 Å². The third-order valence-electron chi connectivity index (χ3n) is 6.02. The number of benzene rings is 1. The highest BCUT2D eigenvalue weighted by atomic mass is 35.5. The lowest BCUT2D eigenvalue weighted by molar-refractivity contribution is -0.137. The van der Waals surface area contributed by atoms with Gasteiger partial charge in [0.15, 0.2) is 5.65 Å². The van der Waals surface area contributed by atoms with Gasteiger partial charge in [0.1, 0.15) is 5.82 Å². The topological polar surface area (TPSA) is 92.4 Å². The summed E-state index contributed by atoms with van der Waals surface area (Å²) in [5.74, 6) is 0.386. The summed E-state index contributed by atoms with van der Waals surface area (Å²) in [6, 6.07) is 4.88. The molecule has 1 aliphatic heterocycles. The van der Waals surface area contributed by atoms with Gasteiger partial charge in [-0.3, -0.25) is 4.90 Å². The summed E-state index contributed by atoms with van der Waals surface area (Å²) in [7, 11) is 1.69. The molecule has 1 aromatic carbocycles. The van der Waals surface area contributed by atoms with Crippen LogP contribution in [0.2, 0.25) is 5.28 Å². The van der Waals surface area contributed by atoms with Gasteiger partial charge in [0.25, 0.3) is 0 Å². The van der Waals surface area contributed by atoms with Crippen molar-refractivity contribution < 1.29 is 17.9 Å². The normalized spacial score (nSPS) is 16.0. The van der Waals surface area contributed by atoms with Crippen LogP contribution in [0.1, 0.15) is 24.1 Å². The Morgan fingerprint density at radius 3 is 2.57 bits per heavy atom. The summed E-state index contributed by atoms with van der Waals surface area (Å²) in [5, 5.41) is 3.78. The second-order valence-corrected chi connectivity index (χ2v) is 8.82. The van der Waals surface area contributed by atoms with E-state index in [2.05, 4.69) is 30.1 Å². The third-order valence-corrected chi connectivity index (χ3v) is 6.19. The van der Waals surface area contributed by atoms with Crippen molar-refractivity contribution in [2.24, 2.45) is 0 Å². The van der Waals surface area contributed by atoms with Crippen LogP contribution >= 0.6 is 11.6 Å². The predicted molar refractivity (Wildman–Crippen MR) is 131 cm³/mol. The summed E-state index contributed by atoms with van der Waals surface area (Å²) in [5.41, 5.74) is 6.64. The molecule has 8 nitrogen and oxygen atoms in total. The van der Waals surface area contributed by atoms with Crippen molar-refractivity contribution in [3.63, 3.8) is 0 Å². The maximum absolute atomic E-state index is 13.3.